The van der Waals surface area contributed by atoms with Gasteiger partial charge in [-0.25, -0.2) is 0 Å². The Morgan fingerprint density at radius 3 is 2.77 bits per heavy atom. The fourth-order valence-corrected chi connectivity index (χ4v) is 5.02. The summed E-state index contributed by atoms with van der Waals surface area (Å²) < 4.78 is 11.9. The van der Waals surface area contributed by atoms with Crippen LogP contribution in [0.5, 0.6) is 11.5 Å². The molecular formula is C28H37ClN2O4. The highest BCUT2D eigenvalue weighted by Crippen LogP contribution is 2.29. The van der Waals surface area contributed by atoms with Crippen LogP contribution in [-0.4, -0.2) is 65.8 Å². The van der Waals surface area contributed by atoms with Gasteiger partial charge in [0.1, 0.15) is 18.1 Å². The molecule has 2 fully saturated rings. The van der Waals surface area contributed by atoms with Gasteiger partial charge in [-0.05, 0) is 81.0 Å². The fourth-order valence-electron chi connectivity index (χ4n) is 4.85. The molecule has 35 heavy (non-hydrogen) atoms. The van der Waals surface area contributed by atoms with Crippen molar-refractivity contribution >= 4 is 17.5 Å². The Balaban J connectivity index is 1.23. The first-order chi connectivity index (χ1) is 16.9. The van der Waals surface area contributed by atoms with Crippen molar-refractivity contribution in [3.63, 3.8) is 0 Å². The van der Waals surface area contributed by atoms with Gasteiger partial charge in [0.15, 0.2) is 0 Å². The SMILES string of the molecule is Cc1ccc(Cl)c(OC[C@@]2(O)CCCN(Cc3cccc(OCCCN4CCCC4=O)c3)CC2)c1. The van der Waals surface area contributed by atoms with E-state index in [9.17, 15) is 9.90 Å². The molecule has 2 heterocycles. The molecule has 6 nitrogen and oxygen atoms in total. The number of benzene rings is 2. The minimum atomic E-state index is -0.858. The molecule has 0 bridgehead atoms. The number of nitrogens with zero attached hydrogens (tertiary/aromatic N) is 2. The van der Waals surface area contributed by atoms with E-state index in [4.69, 9.17) is 21.1 Å². The predicted octanol–water partition coefficient (Wildman–Crippen LogP) is 4.84. The van der Waals surface area contributed by atoms with Crippen LogP contribution in [0.25, 0.3) is 0 Å². The molecule has 2 aromatic carbocycles. The van der Waals surface area contributed by atoms with Crippen LogP contribution in [0.4, 0.5) is 0 Å². The Labute approximate surface area is 213 Å². The third kappa shape index (κ3) is 7.60. The van der Waals surface area contributed by atoms with E-state index in [1.54, 1.807) is 0 Å². The van der Waals surface area contributed by atoms with Crippen molar-refractivity contribution in [3.05, 3.63) is 58.6 Å². The molecule has 0 aromatic heterocycles. The minimum absolute atomic E-state index is 0.246. The van der Waals surface area contributed by atoms with Crippen LogP contribution in [0, 0.1) is 6.92 Å². The smallest absolute Gasteiger partial charge is 0.222 e. The number of aryl methyl sites for hydroxylation is 1. The van der Waals surface area contributed by atoms with Crippen molar-refractivity contribution in [3.8, 4) is 11.5 Å². The molecule has 4 rings (SSSR count). The summed E-state index contributed by atoms with van der Waals surface area (Å²) >= 11 is 6.25. The van der Waals surface area contributed by atoms with Crippen LogP contribution in [-0.2, 0) is 11.3 Å². The van der Waals surface area contributed by atoms with Crippen LogP contribution in [0.3, 0.4) is 0 Å². The number of carbonyl (C=O) groups is 1. The molecule has 190 valence electrons. The number of halogens is 1. The van der Waals surface area contributed by atoms with Gasteiger partial charge in [0.05, 0.1) is 17.2 Å². The van der Waals surface area contributed by atoms with Crippen LogP contribution in [0.15, 0.2) is 42.5 Å². The van der Waals surface area contributed by atoms with Crippen LogP contribution < -0.4 is 9.47 Å². The maximum Gasteiger partial charge on any atom is 0.222 e. The van der Waals surface area contributed by atoms with Gasteiger partial charge < -0.3 is 19.5 Å². The van der Waals surface area contributed by atoms with E-state index in [1.807, 2.05) is 42.2 Å². The Kier molecular flexibility index (Phi) is 8.93. The van der Waals surface area contributed by atoms with E-state index >= 15 is 0 Å². The van der Waals surface area contributed by atoms with E-state index in [2.05, 4.69) is 17.0 Å². The second-order valence-corrected chi connectivity index (χ2v) is 10.3. The van der Waals surface area contributed by atoms with Gasteiger partial charge in [-0.3, -0.25) is 9.69 Å². The zero-order valence-corrected chi connectivity index (χ0v) is 21.4. The van der Waals surface area contributed by atoms with Crippen LogP contribution in [0.2, 0.25) is 5.02 Å². The highest BCUT2D eigenvalue weighted by Gasteiger charge is 2.31. The molecule has 2 saturated heterocycles. The van der Waals surface area contributed by atoms with Gasteiger partial charge in [0, 0.05) is 32.6 Å². The Morgan fingerprint density at radius 1 is 1.06 bits per heavy atom. The lowest BCUT2D eigenvalue weighted by Crippen LogP contribution is -2.37. The first kappa shape index (κ1) is 25.8. The van der Waals surface area contributed by atoms with Gasteiger partial charge in [-0.1, -0.05) is 29.8 Å². The standard InChI is InChI=1S/C28H37ClN2O4/c1-22-9-10-25(29)26(18-22)35-21-28(33)11-4-13-30(16-12-28)20-23-6-2-7-24(19-23)34-17-5-15-31-14-3-8-27(31)32/h2,6-7,9-10,18-19,33H,3-5,8,11-17,20-21H2,1H3/t28-/m1/s1. The van der Waals surface area contributed by atoms with Gasteiger partial charge in [-0.2, -0.15) is 0 Å². The summed E-state index contributed by atoms with van der Waals surface area (Å²) in [6.07, 6.45) is 4.77. The van der Waals surface area contributed by atoms with E-state index in [0.29, 0.717) is 36.6 Å². The van der Waals surface area contributed by atoms with Gasteiger partial charge in [-0.15, -0.1) is 0 Å². The van der Waals surface area contributed by atoms with Crippen molar-refractivity contribution in [2.24, 2.45) is 0 Å². The van der Waals surface area contributed by atoms with Crippen molar-refractivity contribution in [1.29, 1.82) is 0 Å². The summed E-state index contributed by atoms with van der Waals surface area (Å²) in [5, 5.41) is 11.7. The number of ether oxygens (including phenoxy) is 2. The number of likely N-dealkylation sites (tertiary alicyclic amines) is 2. The lowest BCUT2D eigenvalue weighted by atomic mass is 9.96. The monoisotopic (exact) mass is 500 g/mol. The average Bonchev–Trinajstić information content (AvgIpc) is 3.16. The molecule has 7 heteroatoms. The number of aliphatic hydroxyl groups is 1. The molecule has 1 amide bonds. The Morgan fingerprint density at radius 2 is 1.94 bits per heavy atom. The third-order valence-electron chi connectivity index (χ3n) is 6.91. The first-order valence-electron chi connectivity index (χ1n) is 12.7. The Bertz CT molecular complexity index is 1000. The summed E-state index contributed by atoms with van der Waals surface area (Å²) in [6, 6.07) is 13.9. The molecule has 2 aromatic rings. The quantitative estimate of drug-likeness (QED) is 0.473. The molecule has 1 atom stereocenters. The molecule has 0 spiro atoms. The molecule has 0 unspecified atom stereocenters. The molecular weight excluding hydrogens is 464 g/mol. The van der Waals surface area contributed by atoms with Gasteiger partial charge in [0.2, 0.25) is 5.91 Å². The van der Waals surface area contributed by atoms with Gasteiger partial charge >= 0.3 is 0 Å². The molecule has 2 aliphatic rings. The maximum absolute atomic E-state index is 11.7. The number of hydrogen-bond acceptors (Lipinski definition) is 5. The molecule has 1 N–H and O–H groups in total. The predicted molar refractivity (Wildman–Crippen MR) is 138 cm³/mol. The molecule has 0 radical (unpaired) electrons. The fraction of sp³-hybridized carbons (Fsp3) is 0.536. The second-order valence-electron chi connectivity index (χ2n) is 9.91. The molecule has 0 saturated carbocycles. The minimum Gasteiger partial charge on any atom is -0.494 e. The van der Waals surface area contributed by atoms with Crippen molar-refractivity contribution < 1.29 is 19.4 Å². The van der Waals surface area contributed by atoms with Crippen molar-refractivity contribution in [2.45, 2.75) is 57.6 Å². The zero-order chi connectivity index (χ0) is 24.7. The summed E-state index contributed by atoms with van der Waals surface area (Å²) in [7, 11) is 0. The summed E-state index contributed by atoms with van der Waals surface area (Å²) in [6.45, 7) is 7.06. The largest absolute Gasteiger partial charge is 0.494 e. The number of hydrogen-bond donors (Lipinski definition) is 1. The Hall–Kier alpha value is -2.28. The van der Waals surface area contributed by atoms with E-state index < -0.39 is 5.60 Å². The lowest BCUT2D eigenvalue weighted by Gasteiger charge is -2.27. The van der Waals surface area contributed by atoms with Crippen LogP contribution >= 0.6 is 11.6 Å². The van der Waals surface area contributed by atoms with Gasteiger partial charge in [0.25, 0.3) is 0 Å². The number of amides is 1. The highest BCUT2D eigenvalue weighted by atomic mass is 35.5. The van der Waals surface area contributed by atoms with E-state index in [1.165, 1.54) is 5.56 Å². The van der Waals surface area contributed by atoms with Crippen LogP contribution in [0.1, 0.15) is 49.7 Å². The van der Waals surface area contributed by atoms with E-state index in [0.717, 1.165) is 63.3 Å². The number of rotatable bonds is 10. The second kappa shape index (κ2) is 12.1. The van der Waals surface area contributed by atoms with E-state index in [-0.39, 0.29) is 12.5 Å². The zero-order valence-electron chi connectivity index (χ0n) is 20.7. The average molecular weight is 501 g/mol. The lowest BCUT2D eigenvalue weighted by molar-refractivity contribution is -0.127. The molecule has 0 aliphatic carbocycles. The first-order valence-corrected chi connectivity index (χ1v) is 13.1. The topological polar surface area (TPSA) is 62.2 Å². The summed E-state index contributed by atoms with van der Waals surface area (Å²) in [5.74, 6) is 1.76. The summed E-state index contributed by atoms with van der Waals surface area (Å²) in [4.78, 5) is 16.0. The maximum atomic E-state index is 11.7. The normalized spacial score (nSPS) is 21.2. The van der Waals surface area contributed by atoms with Crippen molar-refractivity contribution in [2.75, 3.05) is 39.4 Å². The highest BCUT2D eigenvalue weighted by molar-refractivity contribution is 6.32. The van der Waals surface area contributed by atoms with Crippen molar-refractivity contribution in [1.82, 2.24) is 9.80 Å². The summed E-state index contributed by atoms with van der Waals surface area (Å²) in [5.41, 5.74) is 1.42. The third-order valence-corrected chi connectivity index (χ3v) is 7.22. The molecule has 2 aliphatic heterocycles. The number of carbonyl (C=O) groups excluding carboxylic acids is 1.